The van der Waals surface area contributed by atoms with Gasteiger partial charge in [0.1, 0.15) is 6.29 Å². The van der Waals surface area contributed by atoms with E-state index in [9.17, 15) is 4.79 Å². The first-order valence-electron chi connectivity index (χ1n) is 4.92. The molecule has 15 heavy (non-hydrogen) atoms. The third-order valence-corrected chi connectivity index (χ3v) is 2.21. The molecule has 0 aliphatic rings. The van der Waals surface area contributed by atoms with Crippen LogP contribution in [0.4, 0.5) is 5.69 Å². The molecule has 0 amide bonds. The molecule has 0 heterocycles. The van der Waals surface area contributed by atoms with Gasteiger partial charge in [0.2, 0.25) is 0 Å². The molecule has 0 aliphatic carbocycles. The maximum atomic E-state index is 10.4. The van der Waals surface area contributed by atoms with E-state index in [0.29, 0.717) is 19.4 Å². The van der Waals surface area contributed by atoms with Gasteiger partial charge in [-0.05, 0) is 30.2 Å². The number of carbonyl (C=O) groups is 1. The predicted molar refractivity (Wildman–Crippen MR) is 59.7 cm³/mol. The van der Waals surface area contributed by atoms with Crippen molar-refractivity contribution in [3.63, 3.8) is 0 Å². The molecule has 3 heteroatoms. The first-order valence-corrected chi connectivity index (χ1v) is 4.92. The second-order valence-corrected chi connectivity index (χ2v) is 3.35. The third kappa shape index (κ3) is 3.43. The van der Waals surface area contributed by atoms with Crippen molar-refractivity contribution in [2.45, 2.75) is 19.8 Å². The molecule has 3 nitrogen and oxygen atoms in total. The van der Waals surface area contributed by atoms with Gasteiger partial charge in [0.15, 0.2) is 0 Å². The molecule has 1 aromatic carbocycles. The Morgan fingerprint density at radius 2 is 2.33 bits per heavy atom. The molecule has 1 aromatic rings. The van der Waals surface area contributed by atoms with Gasteiger partial charge in [0.25, 0.3) is 0 Å². The van der Waals surface area contributed by atoms with Crippen molar-refractivity contribution in [1.29, 1.82) is 5.26 Å². The first-order chi connectivity index (χ1) is 7.27. The Morgan fingerprint density at radius 1 is 1.53 bits per heavy atom. The van der Waals surface area contributed by atoms with E-state index in [-0.39, 0.29) is 0 Å². The summed E-state index contributed by atoms with van der Waals surface area (Å²) >= 11 is 0. The van der Waals surface area contributed by atoms with Crippen LogP contribution in [-0.4, -0.2) is 12.8 Å². The number of aryl methyl sites for hydroxylation is 1. The average molecular weight is 202 g/mol. The summed E-state index contributed by atoms with van der Waals surface area (Å²) in [7, 11) is 0. The van der Waals surface area contributed by atoms with Gasteiger partial charge < -0.3 is 10.1 Å². The summed E-state index contributed by atoms with van der Waals surface area (Å²) in [6.07, 6.45) is 1.87. The second-order valence-electron chi connectivity index (χ2n) is 3.35. The van der Waals surface area contributed by atoms with Gasteiger partial charge in [-0.15, -0.1) is 0 Å². The van der Waals surface area contributed by atoms with Crippen molar-refractivity contribution < 1.29 is 4.79 Å². The van der Waals surface area contributed by atoms with Crippen LogP contribution >= 0.6 is 0 Å². The van der Waals surface area contributed by atoms with Crippen LogP contribution in [0.2, 0.25) is 0 Å². The molecule has 1 rings (SSSR count). The molecule has 0 fully saturated rings. The van der Waals surface area contributed by atoms with Crippen molar-refractivity contribution in [2.24, 2.45) is 0 Å². The normalized spacial score (nSPS) is 9.33. The van der Waals surface area contributed by atoms with Crippen molar-refractivity contribution >= 4 is 12.0 Å². The van der Waals surface area contributed by atoms with Gasteiger partial charge in [0.05, 0.1) is 12.5 Å². The molecule has 0 unspecified atom stereocenters. The molecule has 0 radical (unpaired) electrons. The Labute approximate surface area is 89.7 Å². The van der Waals surface area contributed by atoms with Crippen LogP contribution in [0.3, 0.4) is 0 Å². The fourth-order valence-electron chi connectivity index (χ4n) is 1.39. The predicted octanol–water partition coefficient (Wildman–Crippen LogP) is 2.06. The number of anilines is 1. The van der Waals surface area contributed by atoms with Gasteiger partial charge >= 0.3 is 0 Å². The van der Waals surface area contributed by atoms with Crippen LogP contribution in [0.15, 0.2) is 18.2 Å². The fourth-order valence-corrected chi connectivity index (χ4v) is 1.39. The van der Waals surface area contributed by atoms with Crippen LogP contribution in [0.1, 0.15) is 17.5 Å². The lowest BCUT2D eigenvalue weighted by atomic mass is 10.1. The average Bonchev–Trinajstić information content (AvgIpc) is 2.23. The van der Waals surface area contributed by atoms with E-state index in [0.717, 1.165) is 23.1 Å². The highest BCUT2D eigenvalue weighted by molar-refractivity contribution is 5.58. The number of hydrogen-bond acceptors (Lipinski definition) is 3. The maximum absolute atomic E-state index is 10.4. The Kier molecular flexibility index (Phi) is 4.36. The SMILES string of the molecule is Cc1cc(NCCC#N)ccc1CC=O. The van der Waals surface area contributed by atoms with Gasteiger partial charge in [-0.25, -0.2) is 0 Å². The first kappa shape index (κ1) is 11.3. The monoisotopic (exact) mass is 202 g/mol. The third-order valence-electron chi connectivity index (χ3n) is 2.21. The van der Waals surface area contributed by atoms with Crippen molar-refractivity contribution in [1.82, 2.24) is 0 Å². The van der Waals surface area contributed by atoms with E-state index in [1.54, 1.807) is 0 Å². The van der Waals surface area contributed by atoms with E-state index < -0.39 is 0 Å². The largest absolute Gasteiger partial charge is 0.384 e. The zero-order valence-electron chi connectivity index (χ0n) is 8.79. The van der Waals surface area contributed by atoms with E-state index >= 15 is 0 Å². The standard InChI is InChI=1S/C12H14N2O/c1-10-9-12(14-7-2-6-13)4-3-11(10)5-8-15/h3-4,8-9,14H,2,5,7H2,1H3. The molecule has 0 aromatic heterocycles. The van der Waals surface area contributed by atoms with Gasteiger partial charge in [-0.3, -0.25) is 0 Å². The van der Waals surface area contributed by atoms with Crippen LogP contribution in [-0.2, 0) is 11.2 Å². The molecule has 0 saturated carbocycles. The minimum Gasteiger partial charge on any atom is -0.384 e. The number of nitrogens with one attached hydrogen (secondary N) is 1. The van der Waals surface area contributed by atoms with Gasteiger partial charge in [-0.1, -0.05) is 6.07 Å². The summed E-state index contributed by atoms with van der Waals surface area (Å²) in [5, 5.41) is 11.5. The van der Waals surface area contributed by atoms with Crippen molar-refractivity contribution in [3.05, 3.63) is 29.3 Å². The summed E-state index contributed by atoms with van der Waals surface area (Å²) in [6.45, 7) is 2.64. The Morgan fingerprint density at radius 3 is 2.93 bits per heavy atom. The molecule has 0 aliphatic heterocycles. The molecule has 0 saturated heterocycles. The van der Waals surface area contributed by atoms with Crippen LogP contribution in [0.5, 0.6) is 0 Å². The highest BCUT2D eigenvalue weighted by Crippen LogP contribution is 2.15. The number of nitriles is 1. The lowest BCUT2D eigenvalue weighted by molar-refractivity contribution is -0.107. The Hall–Kier alpha value is -1.82. The number of carbonyl (C=O) groups excluding carboxylic acids is 1. The van der Waals surface area contributed by atoms with Crippen LogP contribution in [0.25, 0.3) is 0 Å². The topological polar surface area (TPSA) is 52.9 Å². The van der Waals surface area contributed by atoms with E-state index in [4.69, 9.17) is 5.26 Å². The molecule has 0 bridgehead atoms. The zero-order valence-corrected chi connectivity index (χ0v) is 8.79. The molecular formula is C12H14N2O. The summed E-state index contributed by atoms with van der Waals surface area (Å²) in [5.74, 6) is 0. The lowest BCUT2D eigenvalue weighted by Crippen LogP contribution is -2.01. The van der Waals surface area contributed by atoms with E-state index in [1.807, 2.05) is 25.1 Å². The summed E-state index contributed by atoms with van der Waals surface area (Å²) < 4.78 is 0. The highest BCUT2D eigenvalue weighted by Gasteiger charge is 1.98. The zero-order chi connectivity index (χ0) is 11.1. The molecule has 0 atom stereocenters. The van der Waals surface area contributed by atoms with E-state index in [1.165, 1.54) is 0 Å². The molecule has 0 spiro atoms. The van der Waals surface area contributed by atoms with Crippen molar-refractivity contribution in [3.8, 4) is 6.07 Å². The van der Waals surface area contributed by atoms with Crippen LogP contribution in [0, 0.1) is 18.3 Å². The smallest absolute Gasteiger partial charge is 0.124 e. The van der Waals surface area contributed by atoms with Crippen LogP contribution < -0.4 is 5.32 Å². The number of aldehydes is 1. The Bertz CT molecular complexity index is 380. The summed E-state index contributed by atoms with van der Waals surface area (Å²) in [5.41, 5.74) is 3.15. The molecular weight excluding hydrogens is 188 g/mol. The summed E-state index contributed by atoms with van der Waals surface area (Å²) in [4.78, 5) is 10.4. The van der Waals surface area contributed by atoms with Gasteiger partial charge in [-0.2, -0.15) is 5.26 Å². The number of rotatable bonds is 5. The number of nitrogens with zero attached hydrogens (tertiary/aromatic N) is 1. The Balaban J connectivity index is 2.65. The second kappa shape index (κ2) is 5.82. The number of hydrogen-bond donors (Lipinski definition) is 1. The summed E-state index contributed by atoms with van der Waals surface area (Å²) in [6, 6.07) is 7.95. The highest BCUT2D eigenvalue weighted by atomic mass is 16.1. The number of benzene rings is 1. The quantitative estimate of drug-likeness (QED) is 0.587. The van der Waals surface area contributed by atoms with Crippen molar-refractivity contribution in [2.75, 3.05) is 11.9 Å². The van der Waals surface area contributed by atoms with E-state index in [2.05, 4.69) is 11.4 Å². The molecule has 1 N–H and O–H groups in total. The molecule has 78 valence electrons. The lowest BCUT2D eigenvalue weighted by Gasteiger charge is -2.07. The minimum atomic E-state index is 0.463. The maximum Gasteiger partial charge on any atom is 0.124 e. The fraction of sp³-hybridized carbons (Fsp3) is 0.333. The minimum absolute atomic E-state index is 0.463. The van der Waals surface area contributed by atoms with Gasteiger partial charge in [0, 0.05) is 18.7 Å².